The molecule has 0 saturated carbocycles. The minimum Gasteiger partial charge on any atom is -0.495 e. The number of hydrogen-bond acceptors (Lipinski definition) is 7. The third kappa shape index (κ3) is 4.77. The number of aryl methyl sites for hydroxylation is 1. The van der Waals surface area contributed by atoms with Gasteiger partial charge in [0.25, 0.3) is 15.9 Å². The third-order valence-corrected chi connectivity index (χ3v) is 6.47. The fourth-order valence-corrected chi connectivity index (χ4v) is 4.99. The van der Waals surface area contributed by atoms with Crippen molar-refractivity contribution in [3.05, 3.63) is 53.6 Å². The topological polar surface area (TPSA) is 145 Å². The summed E-state index contributed by atoms with van der Waals surface area (Å²) in [5.41, 5.74) is 6.20. The van der Waals surface area contributed by atoms with Crippen molar-refractivity contribution in [2.75, 3.05) is 24.6 Å². The summed E-state index contributed by atoms with van der Waals surface area (Å²) in [7, 11) is -2.74. The molecule has 0 spiro atoms. The number of para-hydroxylation sites is 1. The molecule has 0 aromatic heterocycles. The predicted octanol–water partition coefficient (Wildman–Crippen LogP) is 1.19. The third-order valence-electron chi connectivity index (χ3n) is 4.63. The van der Waals surface area contributed by atoms with Gasteiger partial charge >= 0.3 is 12.0 Å². The van der Waals surface area contributed by atoms with Gasteiger partial charge in [-0.25, -0.2) is 18.0 Å². The Labute approximate surface area is 179 Å². The molecular formula is C20H21N3O7S. The standard InChI is InChI=1S/C20H21N3O7S/c1-29-16-9-8-14(19(25)30-12-18(24)22-20(21)26)11-17(16)31(27,28)23-10-4-6-13-5-2-3-7-15(13)23/h2-3,5,7-9,11H,4,6,10,12H2,1H3,(H3,21,22,24,26). The number of benzene rings is 2. The zero-order valence-electron chi connectivity index (χ0n) is 16.7. The molecule has 3 rings (SSSR count). The van der Waals surface area contributed by atoms with Crippen LogP contribution >= 0.6 is 0 Å². The number of ether oxygens (including phenoxy) is 2. The highest BCUT2D eigenvalue weighted by molar-refractivity contribution is 7.93. The number of nitrogens with zero attached hydrogens (tertiary/aromatic N) is 1. The number of rotatable bonds is 6. The fourth-order valence-electron chi connectivity index (χ4n) is 3.26. The molecule has 31 heavy (non-hydrogen) atoms. The number of fused-ring (bicyclic) bond motifs is 1. The van der Waals surface area contributed by atoms with Gasteiger partial charge in [-0.15, -0.1) is 0 Å². The van der Waals surface area contributed by atoms with Crippen LogP contribution < -0.4 is 20.1 Å². The molecule has 11 heteroatoms. The lowest BCUT2D eigenvalue weighted by Gasteiger charge is -2.30. The SMILES string of the molecule is COc1ccc(C(=O)OCC(=O)NC(N)=O)cc1S(=O)(=O)N1CCCc2ccccc21. The van der Waals surface area contributed by atoms with Crippen LogP contribution in [0.1, 0.15) is 22.3 Å². The molecule has 2 aromatic carbocycles. The number of esters is 1. The molecule has 1 heterocycles. The van der Waals surface area contributed by atoms with E-state index in [-0.39, 0.29) is 22.8 Å². The highest BCUT2D eigenvalue weighted by Crippen LogP contribution is 2.35. The lowest BCUT2D eigenvalue weighted by atomic mass is 10.0. The molecule has 0 bridgehead atoms. The molecule has 0 unspecified atom stereocenters. The van der Waals surface area contributed by atoms with Crippen molar-refractivity contribution in [3.8, 4) is 5.75 Å². The number of hydrogen-bond donors (Lipinski definition) is 2. The van der Waals surface area contributed by atoms with E-state index in [4.69, 9.17) is 15.2 Å². The molecular weight excluding hydrogens is 426 g/mol. The van der Waals surface area contributed by atoms with Gasteiger partial charge in [0.2, 0.25) is 0 Å². The first-order valence-electron chi connectivity index (χ1n) is 9.29. The maximum Gasteiger partial charge on any atom is 0.338 e. The molecule has 164 valence electrons. The van der Waals surface area contributed by atoms with Gasteiger partial charge in [-0.2, -0.15) is 0 Å². The van der Waals surface area contributed by atoms with Crippen molar-refractivity contribution < 1.29 is 32.3 Å². The first-order valence-corrected chi connectivity index (χ1v) is 10.7. The molecule has 3 N–H and O–H groups in total. The van der Waals surface area contributed by atoms with Crippen LogP contribution in [0.3, 0.4) is 0 Å². The van der Waals surface area contributed by atoms with Crippen LogP contribution in [-0.4, -0.2) is 46.6 Å². The van der Waals surface area contributed by atoms with Gasteiger partial charge in [-0.05, 0) is 42.7 Å². The number of sulfonamides is 1. The van der Waals surface area contributed by atoms with E-state index < -0.39 is 34.5 Å². The molecule has 0 radical (unpaired) electrons. The molecule has 3 amide bonds. The number of methoxy groups -OCH3 is 1. The van der Waals surface area contributed by atoms with E-state index in [0.29, 0.717) is 12.1 Å². The number of anilines is 1. The Morgan fingerprint density at radius 3 is 2.61 bits per heavy atom. The summed E-state index contributed by atoms with van der Waals surface area (Å²) >= 11 is 0. The molecule has 1 aliphatic heterocycles. The van der Waals surface area contributed by atoms with Gasteiger partial charge in [0.15, 0.2) is 6.61 Å². The van der Waals surface area contributed by atoms with E-state index in [0.717, 1.165) is 18.1 Å². The second kappa shape index (κ2) is 9.04. The number of urea groups is 1. The molecule has 2 aromatic rings. The second-order valence-corrected chi connectivity index (χ2v) is 8.49. The monoisotopic (exact) mass is 447 g/mol. The minimum atomic E-state index is -4.06. The van der Waals surface area contributed by atoms with Gasteiger partial charge < -0.3 is 15.2 Å². The van der Waals surface area contributed by atoms with Crippen molar-refractivity contribution >= 4 is 33.6 Å². The Balaban J connectivity index is 1.91. The van der Waals surface area contributed by atoms with Gasteiger partial charge in [-0.3, -0.25) is 14.4 Å². The Hall–Kier alpha value is -3.60. The lowest BCUT2D eigenvalue weighted by molar-refractivity contribution is -0.123. The van der Waals surface area contributed by atoms with Gasteiger partial charge in [0.1, 0.15) is 10.6 Å². The smallest absolute Gasteiger partial charge is 0.338 e. The minimum absolute atomic E-state index is 0.0612. The van der Waals surface area contributed by atoms with Crippen molar-refractivity contribution in [3.63, 3.8) is 0 Å². The summed E-state index contributed by atoms with van der Waals surface area (Å²) < 4.78 is 38.3. The fraction of sp³-hybridized carbons (Fsp3) is 0.250. The first kappa shape index (κ1) is 22.1. The maximum absolute atomic E-state index is 13.5. The Bertz CT molecular complexity index is 1130. The maximum atomic E-state index is 13.5. The van der Waals surface area contributed by atoms with Crippen molar-refractivity contribution in [2.45, 2.75) is 17.7 Å². The van der Waals surface area contributed by atoms with Crippen LogP contribution in [0.25, 0.3) is 0 Å². The van der Waals surface area contributed by atoms with Crippen LogP contribution in [0.15, 0.2) is 47.4 Å². The summed E-state index contributed by atoms with van der Waals surface area (Å²) in [6.07, 6.45) is 1.41. The van der Waals surface area contributed by atoms with Gasteiger partial charge in [-0.1, -0.05) is 18.2 Å². The Kier molecular flexibility index (Phi) is 6.44. The molecule has 0 fully saturated rings. The normalized spacial score (nSPS) is 13.1. The number of imide groups is 1. The largest absolute Gasteiger partial charge is 0.495 e. The van der Waals surface area contributed by atoms with Crippen LogP contribution in [-0.2, 0) is 26.0 Å². The van der Waals surface area contributed by atoms with E-state index in [1.165, 1.54) is 23.5 Å². The highest BCUT2D eigenvalue weighted by atomic mass is 32.2. The number of primary amides is 1. The first-order chi connectivity index (χ1) is 14.7. The summed E-state index contributed by atoms with van der Waals surface area (Å²) in [5, 5.41) is 1.76. The van der Waals surface area contributed by atoms with E-state index in [1.54, 1.807) is 17.4 Å². The van der Waals surface area contributed by atoms with Gasteiger partial charge in [0.05, 0.1) is 18.4 Å². The van der Waals surface area contributed by atoms with Crippen LogP contribution in [0.4, 0.5) is 10.5 Å². The van der Waals surface area contributed by atoms with Crippen molar-refractivity contribution in [1.82, 2.24) is 5.32 Å². The second-order valence-electron chi connectivity index (χ2n) is 6.66. The van der Waals surface area contributed by atoms with Crippen LogP contribution in [0.5, 0.6) is 5.75 Å². The number of carbonyl (C=O) groups excluding carboxylic acids is 3. The summed E-state index contributed by atoms with van der Waals surface area (Å²) in [6.45, 7) is -0.472. The number of nitrogens with two attached hydrogens (primary N) is 1. The van der Waals surface area contributed by atoms with Crippen molar-refractivity contribution in [2.24, 2.45) is 5.73 Å². The van der Waals surface area contributed by atoms with Crippen molar-refractivity contribution in [1.29, 1.82) is 0 Å². The molecule has 0 atom stereocenters. The number of nitrogens with one attached hydrogen (secondary N) is 1. The van der Waals surface area contributed by atoms with E-state index >= 15 is 0 Å². The van der Waals surface area contributed by atoms with Gasteiger partial charge in [0, 0.05) is 6.54 Å². The van der Waals surface area contributed by atoms with E-state index in [2.05, 4.69) is 0 Å². The predicted molar refractivity (Wildman–Crippen MR) is 110 cm³/mol. The quantitative estimate of drug-likeness (QED) is 0.633. The average molecular weight is 447 g/mol. The van der Waals surface area contributed by atoms with E-state index in [1.807, 2.05) is 12.1 Å². The molecule has 0 saturated heterocycles. The number of carbonyl (C=O) groups is 3. The Morgan fingerprint density at radius 1 is 1.16 bits per heavy atom. The lowest BCUT2D eigenvalue weighted by Crippen LogP contribution is -2.37. The molecule has 0 aliphatic carbocycles. The zero-order valence-corrected chi connectivity index (χ0v) is 17.5. The number of amides is 3. The molecule has 1 aliphatic rings. The summed E-state index contributed by atoms with van der Waals surface area (Å²) in [4.78, 5) is 34.2. The van der Waals surface area contributed by atoms with Crippen LogP contribution in [0, 0.1) is 0 Å². The average Bonchev–Trinajstić information content (AvgIpc) is 2.76. The summed E-state index contributed by atoms with van der Waals surface area (Å²) in [5.74, 6) is -1.80. The zero-order chi connectivity index (χ0) is 22.6. The molecule has 10 nitrogen and oxygen atoms in total. The van der Waals surface area contributed by atoms with Crippen LogP contribution in [0.2, 0.25) is 0 Å². The summed E-state index contributed by atoms with van der Waals surface area (Å²) in [6, 6.07) is 9.92. The van der Waals surface area contributed by atoms with E-state index in [9.17, 15) is 22.8 Å². The Morgan fingerprint density at radius 2 is 1.90 bits per heavy atom. The highest BCUT2D eigenvalue weighted by Gasteiger charge is 2.32.